The monoisotopic (exact) mass is 586 g/mol. The van der Waals surface area contributed by atoms with Crippen LogP contribution in [0.2, 0.25) is 40.4 Å². The third kappa shape index (κ3) is 4.70. The first-order valence-corrected chi connectivity index (χ1v) is 25.6. The molecule has 0 amide bonds. The zero-order chi connectivity index (χ0) is 29.1. The van der Waals surface area contributed by atoms with Crippen molar-refractivity contribution in [1.29, 1.82) is 0 Å². The minimum atomic E-state index is -2.70. The van der Waals surface area contributed by atoms with Crippen molar-refractivity contribution in [3.05, 3.63) is 104 Å². The fourth-order valence-electron chi connectivity index (χ4n) is 7.79. The average molecular weight is 587 g/mol. The Morgan fingerprint density at radius 2 is 1.23 bits per heavy atom. The molecule has 0 fully saturated rings. The van der Waals surface area contributed by atoms with Gasteiger partial charge >= 0.3 is 246 Å². The molecule has 3 aromatic rings. The van der Waals surface area contributed by atoms with E-state index in [1.54, 1.807) is 31.9 Å². The van der Waals surface area contributed by atoms with Crippen LogP contribution in [0.25, 0.3) is 0 Å². The number of benzene rings is 3. The molecule has 39 heavy (non-hydrogen) atoms. The predicted molar refractivity (Wildman–Crippen MR) is 178 cm³/mol. The predicted octanol–water partition coefficient (Wildman–Crippen LogP) is 8.31. The summed E-state index contributed by atoms with van der Waals surface area (Å²) in [7, 11) is -4.25. The molecule has 3 aromatic carbocycles. The molecule has 1 aliphatic rings. The van der Waals surface area contributed by atoms with Gasteiger partial charge in [-0.15, -0.1) is 0 Å². The van der Waals surface area contributed by atoms with E-state index in [1.807, 2.05) is 3.88 Å². The molecule has 0 saturated carbocycles. The van der Waals surface area contributed by atoms with Gasteiger partial charge in [-0.25, -0.2) is 0 Å². The Labute approximate surface area is 245 Å². The van der Waals surface area contributed by atoms with E-state index in [1.165, 1.54) is 22.3 Å². The summed E-state index contributed by atoms with van der Waals surface area (Å²) in [5, 5.41) is 14.1. The molecule has 0 nitrogen and oxygen atoms in total. The summed E-state index contributed by atoms with van der Waals surface area (Å²) in [5.41, 5.74) is 8.99. The Kier molecular flexibility index (Phi) is 7.98. The summed E-state index contributed by atoms with van der Waals surface area (Å²) in [4.78, 5) is 0. The summed E-state index contributed by atoms with van der Waals surface area (Å²) < 4.78 is 1.81. The van der Waals surface area contributed by atoms with Crippen LogP contribution in [-0.2, 0) is 16.6 Å². The number of rotatable bonds is 6. The third-order valence-electron chi connectivity index (χ3n) is 9.84. The van der Waals surface area contributed by atoms with Gasteiger partial charge in [0.2, 0.25) is 0 Å². The molecule has 0 radical (unpaired) electrons. The van der Waals surface area contributed by atoms with Crippen LogP contribution in [0, 0.1) is 20.8 Å². The van der Waals surface area contributed by atoms with Crippen molar-refractivity contribution in [3.63, 3.8) is 0 Å². The van der Waals surface area contributed by atoms with E-state index in [0.717, 1.165) is 0 Å². The van der Waals surface area contributed by atoms with Crippen LogP contribution in [0.3, 0.4) is 0 Å². The number of hydrogen-bond donors (Lipinski definition) is 0. The summed E-state index contributed by atoms with van der Waals surface area (Å²) in [6, 6.07) is 26.6. The van der Waals surface area contributed by atoms with Gasteiger partial charge in [-0.2, -0.15) is 0 Å². The van der Waals surface area contributed by atoms with Gasteiger partial charge in [-0.1, -0.05) is 0 Å². The van der Waals surface area contributed by atoms with Crippen molar-refractivity contribution in [1.82, 2.24) is 0 Å². The summed E-state index contributed by atoms with van der Waals surface area (Å²) in [6.07, 6.45) is 0. The Hall–Kier alpha value is -1.71. The van der Waals surface area contributed by atoms with Crippen molar-refractivity contribution in [2.75, 3.05) is 0 Å². The second-order valence-corrected chi connectivity index (χ2v) is 31.4. The average Bonchev–Trinajstić information content (AvgIpc) is 3.02. The Morgan fingerprint density at radius 1 is 0.641 bits per heavy atom. The first kappa shape index (κ1) is 30.3. The maximum absolute atomic E-state index is 2.70. The van der Waals surface area contributed by atoms with Crippen molar-refractivity contribution in [3.8, 4) is 0 Å². The Bertz CT molecular complexity index is 1480. The van der Waals surface area contributed by atoms with E-state index >= 15 is 0 Å². The SMILES string of the molecule is CC1=C(C)C(C)([Si](c2ccccc2)(c2cc(C)cc([Si](C)(C)C)c2)c2cccc(C)c2C)[C]([Ti]([CH3])([CH3])[CH3])=C1C. The van der Waals surface area contributed by atoms with Gasteiger partial charge < -0.3 is 0 Å². The van der Waals surface area contributed by atoms with Crippen LogP contribution in [0.1, 0.15) is 44.4 Å². The van der Waals surface area contributed by atoms with Crippen molar-refractivity contribution in [2.45, 2.75) is 88.8 Å². The molecule has 0 spiro atoms. The second-order valence-electron chi connectivity index (χ2n) is 14.3. The van der Waals surface area contributed by atoms with Crippen molar-refractivity contribution < 1.29 is 16.6 Å². The van der Waals surface area contributed by atoms with E-state index in [-0.39, 0.29) is 5.04 Å². The van der Waals surface area contributed by atoms with E-state index in [0.29, 0.717) is 0 Å². The van der Waals surface area contributed by atoms with Crippen LogP contribution in [0.4, 0.5) is 0 Å². The number of aryl methyl sites for hydroxylation is 2. The molecule has 0 bridgehead atoms. The molecule has 0 N–H and O–H groups in total. The zero-order valence-electron chi connectivity index (χ0n) is 26.9. The summed E-state index contributed by atoms with van der Waals surface area (Å²) in [6.45, 7) is 24.5. The van der Waals surface area contributed by atoms with Crippen molar-refractivity contribution >= 4 is 36.9 Å². The van der Waals surface area contributed by atoms with Crippen LogP contribution >= 0.6 is 0 Å². The van der Waals surface area contributed by atoms with Gasteiger partial charge in [0.1, 0.15) is 0 Å². The molecule has 0 aromatic heterocycles. The Morgan fingerprint density at radius 3 is 1.79 bits per heavy atom. The van der Waals surface area contributed by atoms with Gasteiger partial charge in [0.15, 0.2) is 0 Å². The molecular formula is C36H50Si2Ti. The number of allylic oxidation sites excluding steroid dienone is 4. The molecule has 4 rings (SSSR count). The molecule has 3 heteroatoms. The molecule has 1 aliphatic carbocycles. The molecule has 0 saturated heterocycles. The van der Waals surface area contributed by atoms with Crippen LogP contribution in [-0.4, -0.2) is 16.1 Å². The first-order valence-electron chi connectivity index (χ1n) is 14.6. The molecule has 2 unspecified atom stereocenters. The van der Waals surface area contributed by atoms with E-state index in [2.05, 4.69) is 151 Å². The van der Waals surface area contributed by atoms with Crippen LogP contribution < -0.4 is 20.7 Å². The zero-order valence-corrected chi connectivity index (χ0v) is 30.4. The molecule has 2 atom stereocenters. The topological polar surface area (TPSA) is 0 Å². The number of hydrogen-bond acceptors (Lipinski definition) is 0. The summed E-state index contributed by atoms with van der Waals surface area (Å²) >= 11 is -2.35. The normalized spacial score (nSPS) is 20.0. The first-order chi connectivity index (χ1) is 18.0. The fraction of sp³-hybridized carbons (Fsp3) is 0.389. The van der Waals surface area contributed by atoms with Gasteiger partial charge in [-0.05, 0) is 0 Å². The maximum atomic E-state index is 2.68. The standard InChI is InChI=1S/C33H41Si2.3CH3.Ti/c1-23-19-30(34(8,9)10)21-31(20-23)35(29-16-12-11-13-17-29,32-18-14-15-24(2)27(32)5)33(7)22-25(3)26(4)28(33)6;;;;/h11-21H,1-10H3;3*1H3;. The molecule has 0 aliphatic heterocycles. The molecule has 206 valence electrons. The van der Waals surface area contributed by atoms with Gasteiger partial charge in [-0.3, -0.25) is 0 Å². The van der Waals surface area contributed by atoms with Gasteiger partial charge in [0.05, 0.1) is 0 Å². The molecule has 0 heterocycles. The van der Waals surface area contributed by atoms with Crippen LogP contribution in [0.15, 0.2) is 87.3 Å². The van der Waals surface area contributed by atoms with Crippen molar-refractivity contribution in [2.24, 2.45) is 0 Å². The van der Waals surface area contributed by atoms with Gasteiger partial charge in [0.25, 0.3) is 0 Å². The summed E-state index contributed by atoms with van der Waals surface area (Å²) in [5.74, 6) is 0. The third-order valence-corrected chi connectivity index (χ3v) is 21.8. The van der Waals surface area contributed by atoms with E-state index in [4.69, 9.17) is 0 Å². The molecular weight excluding hydrogens is 536 g/mol. The Balaban J connectivity index is 2.38. The van der Waals surface area contributed by atoms with Gasteiger partial charge in [0, 0.05) is 0 Å². The second kappa shape index (κ2) is 10.3. The van der Waals surface area contributed by atoms with Crippen LogP contribution in [0.5, 0.6) is 0 Å². The minimum absolute atomic E-state index is 0.0379. The fourth-order valence-corrected chi connectivity index (χ4v) is 22.9. The quantitative estimate of drug-likeness (QED) is 0.201. The van der Waals surface area contributed by atoms with E-state index in [9.17, 15) is 0 Å². The van der Waals surface area contributed by atoms with E-state index < -0.39 is 32.7 Å².